The first kappa shape index (κ1) is 16.7. The molecule has 5 nitrogen and oxygen atoms in total. The van der Waals surface area contributed by atoms with Gasteiger partial charge in [0.2, 0.25) is 5.91 Å². The van der Waals surface area contributed by atoms with Gasteiger partial charge in [0.05, 0.1) is 12.0 Å². The van der Waals surface area contributed by atoms with Gasteiger partial charge in [-0.15, -0.1) is 0 Å². The van der Waals surface area contributed by atoms with E-state index in [2.05, 4.69) is 23.6 Å². The third-order valence-electron chi connectivity index (χ3n) is 6.29. The van der Waals surface area contributed by atoms with Gasteiger partial charge in [0.15, 0.2) is 0 Å². The standard InChI is InChI=1S/C18H30N2O3/c1-13(2)20(15-7-3-4-8-15)16(21)11-19-10-14-6-5-9-18(14,12-19)17(22)23/h13-15H,3-12H2,1-2H3,(H,22,23)/t14-,18+/m0/s1. The predicted molar refractivity (Wildman–Crippen MR) is 88.1 cm³/mol. The smallest absolute Gasteiger partial charge is 0.311 e. The van der Waals surface area contributed by atoms with Crippen LogP contribution in [-0.4, -0.2) is 58.5 Å². The molecule has 3 aliphatic rings. The number of rotatable bonds is 5. The maximum atomic E-state index is 12.9. The molecule has 23 heavy (non-hydrogen) atoms. The fourth-order valence-electron chi connectivity index (χ4n) is 5.23. The molecular formula is C18H30N2O3. The third kappa shape index (κ3) is 3.00. The number of carbonyl (C=O) groups excluding carboxylic acids is 1. The summed E-state index contributed by atoms with van der Waals surface area (Å²) in [7, 11) is 0. The molecule has 0 unspecified atom stereocenters. The van der Waals surface area contributed by atoms with E-state index >= 15 is 0 Å². The predicted octanol–water partition coefficient (Wildman–Crippen LogP) is 2.35. The molecule has 0 bridgehead atoms. The summed E-state index contributed by atoms with van der Waals surface area (Å²) in [5, 5.41) is 9.67. The lowest BCUT2D eigenvalue weighted by atomic mass is 9.81. The molecule has 3 fully saturated rings. The van der Waals surface area contributed by atoms with Crippen molar-refractivity contribution in [3.8, 4) is 0 Å². The zero-order valence-corrected chi connectivity index (χ0v) is 14.5. The monoisotopic (exact) mass is 322 g/mol. The molecule has 1 N–H and O–H groups in total. The van der Waals surface area contributed by atoms with E-state index in [1.165, 1.54) is 12.8 Å². The molecule has 2 aliphatic carbocycles. The van der Waals surface area contributed by atoms with Crippen LogP contribution in [0.3, 0.4) is 0 Å². The molecule has 0 aromatic carbocycles. The zero-order valence-electron chi connectivity index (χ0n) is 14.5. The highest BCUT2D eigenvalue weighted by molar-refractivity contribution is 5.80. The zero-order chi connectivity index (χ0) is 16.6. The Morgan fingerprint density at radius 1 is 1.22 bits per heavy atom. The minimum Gasteiger partial charge on any atom is -0.481 e. The highest BCUT2D eigenvalue weighted by Crippen LogP contribution is 2.48. The van der Waals surface area contributed by atoms with E-state index in [1.807, 2.05) is 0 Å². The molecule has 1 saturated heterocycles. The van der Waals surface area contributed by atoms with Gasteiger partial charge in [-0.3, -0.25) is 14.5 Å². The highest BCUT2D eigenvalue weighted by Gasteiger charge is 2.55. The van der Waals surface area contributed by atoms with Crippen molar-refractivity contribution < 1.29 is 14.7 Å². The maximum absolute atomic E-state index is 12.9. The van der Waals surface area contributed by atoms with E-state index in [9.17, 15) is 14.7 Å². The number of amides is 1. The lowest BCUT2D eigenvalue weighted by Crippen LogP contribution is -2.48. The van der Waals surface area contributed by atoms with Gasteiger partial charge in [-0.25, -0.2) is 0 Å². The Hall–Kier alpha value is -1.10. The minimum absolute atomic E-state index is 0.187. The fraction of sp³-hybridized carbons (Fsp3) is 0.889. The second kappa shape index (κ2) is 6.42. The molecule has 3 rings (SSSR count). The average Bonchev–Trinajstić information content (AvgIpc) is 3.13. The van der Waals surface area contributed by atoms with E-state index in [0.717, 1.165) is 38.6 Å². The van der Waals surface area contributed by atoms with Crippen LogP contribution in [0, 0.1) is 11.3 Å². The topological polar surface area (TPSA) is 60.9 Å². The van der Waals surface area contributed by atoms with Crippen molar-refractivity contribution in [1.82, 2.24) is 9.80 Å². The molecule has 2 atom stereocenters. The summed E-state index contributed by atoms with van der Waals surface area (Å²) in [6, 6.07) is 0.610. The van der Waals surface area contributed by atoms with Crippen LogP contribution >= 0.6 is 0 Å². The fourth-order valence-corrected chi connectivity index (χ4v) is 5.23. The van der Waals surface area contributed by atoms with Crippen molar-refractivity contribution in [2.45, 2.75) is 70.9 Å². The summed E-state index contributed by atoms with van der Waals surface area (Å²) >= 11 is 0. The Kier molecular flexibility index (Phi) is 4.68. The summed E-state index contributed by atoms with van der Waals surface area (Å²) in [5.74, 6) is -0.245. The SMILES string of the molecule is CC(C)N(C(=O)CN1C[C@@H]2CCC[C@@]2(C(=O)O)C1)C1CCCC1. The van der Waals surface area contributed by atoms with E-state index in [-0.39, 0.29) is 17.9 Å². The Morgan fingerprint density at radius 3 is 2.48 bits per heavy atom. The van der Waals surface area contributed by atoms with Crippen molar-refractivity contribution in [2.24, 2.45) is 11.3 Å². The molecule has 0 aromatic rings. The Balaban J connectivity index is 1.65. The average molecular weight is 322 g/mol. The van der Waals surface area contributed by atoms with Crippen LogP contribution in [0.5, 0.6) is 0 Å². The molecule has 2 saturated carbocycles. The summed E-state index contributed by atoms with van der Waals surface area (Å²) in [4.78, 5) is 28.8. The normalized spacial score (nSPS) is 31.7. The van der Waals surface area contributed by atoms with Crippen LogP contribution in [-0.2, 0) is 9.59 Å². The van der Waals surface area contributed by atoms with Crippen molar-refractivity contribution in [1.29, 1.82) is 0 Å². The minimum atomic E-state index is -0.661. The number of hydrogen-bond acceptors (Lipinski definition) is 3. The molecule has 0 spiro atoms. The molecule has 130 valence electrons. The lowest BCUT2D eigenvalue weighted by molar-refractivity contribution is -0.150. The van der Waals surface area contributed by atoms with Gasteiger partial charge in [0.1, 0.15) is 0 Å². The third-order valence-corrected chi connectivity index (χ3v) is 6.29. The van der Waals surface area contributed by atoms with Gasteiger partial charge >= 0.3 is 5.97 Å². The second-order valence-electron chi connectivity index (χ2n) is 8.05. The Labute approximate surface area is 139 Å². The number of carboxylic acids is 1. The Morgan fingerprint density at radius 2 is 1.91 bits per heavy atom. The van der Waals surface area contributed by atoms with E-state index in [4.69, 9.17) is 0 Å². The largest absolute Gasteiger partial charge is 0.481 e. The molecule has 1 heterocycles. The van der Waals surface area contributed by atoms with Crippen molar-refractivity contribution >= 4 is 11.9 Å². The molecule has 5 heteroatoms. The van der Waals surface area contributed by atoms with Gasteiger partial charge in [-0.05, 0) is 45.4 Å². The molecule has 0 aromatic heterocycles. The van der Waals surface area contributed by atoms with E-state index in [1.54, 1.807) is 0 Å². The first-order chi connectivity index (χ1) is 10.9. The van der Waals surface area contributed by atoms with Gasteiger partial charge in [-0.1, -0.05) is 19.3 Å². The highest BCUT2D eigenvalue weighted by atomic mass is 16.4. The van der Waals surface area contributed by atoms with Crippen molar-refractivity contribution in [3.63, 3.8) is 0 Å². The number of nitrogens with zero attached hydrogens (tertiary/aromatic N) is 2. The Bertz CT molecular complexity index is 473. The van der Waals surface area contributed by atoms with E-state index < -0.39 is 11.4 Å². The molecule has 1 amide bonds. The maximum Gasteiger partial charge on any atom is 0.311 e. The first-order valence-corrected chi connectivity index (χ1v) is 9.21. The van der Waals surface area contributed by atoms with Gasteiger partial charge in [0.25, 0.3) is 0 Å². The van der Waals surface area contributed by atoms with Gasteiger partial charge < -0.3 is 10.0 Å². The summed E-state index contributed by atoms with van der Waals surface area (Å²) in [6.45, 7) is 5.89. The van der Waals surface area contributed by atoms with Crippen LogP contribution in [0.4, 0.5) is 0 Å². The number of fused-ring (bicyclic) bond motifs is 1. The van der Waals surface area contributed by atoms with Crippen LogP contribution in [0.1, 0.15) is 58.8 Å². The van der Waals surface area contributed by atoms with Gasteiger partial charge in [-0.2, -0.15) is 0 Å². The van der Waals surface area contributed by atoms with Crippen molar-refractivity contribution in [2.75, 3.05) is 19.6 Å². The van der Waals surface area contributed by atoms with Crippen molar-refractivity contribution in [3.05, 3.63) is 0 Å². The quantitative estimate of drug-likeness (QED) is 0.844. The lowest BCUT2D eigenvalue weighted by Gasteiger charge is -2.34. The summed E-state index contributed by atoms with van der Waals surface area (Å²) in [6.07, 6.45) is 7.45. The number of aliphatic carboxylic acids is 1. The number of hydrogen-bond donors (Lipinski definition) is 1. The summed E-state index contributed by atoms with van der Waals surface area (Å²) < 4.78 is 0. The molecule has 1 aliphatic heterocycles. The van der Waals surface area contributed by atoms with E-state index in [0.29, 0.717) is 19.1 Å². The number of likely N-dealkylation sites (tertiary alicyclic amines) is 1. The number of carbonyl (C=O) groups is 2. The van der Waals surface area contributed by atoms with Crippen LogP contribution in [0.2, 0.25) is 0 Å². The number of carboxylic acid groups (broad SMARTS) is 1. The molecule has 0 radical (unpaired) electrons. The summed E-state index contributed by atoms with van der Waals surface area (Å²) in [5.41, 5.74) is -0.587. The van der Waals surface area contributed by atoms with Crippen LogP contribution in [0.15, 0.2) is 0 Å². The second-order valence-corrected chi connectivity index (χ2v) is 8.05. The first-order valence-electron chi connectivity index (χ1n) is 9.21. The van der Waals surface area contributed by atoms with Crippen LogP contribution in [0.25, 0.3) is 0 Å². The van der Waals surface area contributed by atoms with Crippen LogP contribution < -0.4 is 0 Å². The van der Waals surface area contributed by atoms with Gasteiger partial charge in [0, 0.05) is 25.2 Å². The molecular weight excluding hydrogens is 292 g/mol.